The first-order valence-corrected chi connectivity index (χ1v) is 5.79. The summed E-state index contributed by atoms with van der Waals surface area (Å²) < 4.78 is 5.55. The molecule has 1 N–H and O–H groups in total. The van der Waals surface area contributed by atoms with Crippen LogP contribution < -0.4 is 5.32 Å². The van der Waals surface area contributed by atoms with Crippen molar-refractivity contribution in [1.82, 2.24) is 10.2 Å². The Kier molecular flexibility index (Phi) is 3.42. The molecule has 2 rings (SSSR count). The molecule has 2 fully saturated rings. The fraction of sp³-hybridized carbons (Fsp3) is 1.00. The molecule has 0 radical (unpaired) electrons. The summed E-state index contributed by atoms with van der Waals surface area (Å²) in [5.74, 6) is 0.737. The lowest BCUT2D eigenvalue weighted by molar-refractivity contribution is 0.105. The van der Waals surface area contributed by atoms with Crippen LogP contribution in [0, 0.1) is 5.92 Å². The van der Waals surface area contributed by atoms with Gasteiger partial charge in [-0.05, 0) is 39.3 Å². The monoisotopic (exact) mass is 198 g/mol. The van der Waals surface area contributed by atoms with Gasteiger partial charge in [-0.15, -0.1) is 0 Å². The van der Waals surface area contributed by atoms with Crippen molar-refractivity contribution in [3.8, 4) is 0 Å². The maximum atomic E-state index is 5.55. The molecule has 2 heterocycles. The Morgan fingerprint density at radius 3 is 2.86 bits per heavy atom. The van der Waals surface area contributed by atoms with Gasteiger partial charge in [0.25, 0.3) is 0 Å². The summed E-state index contributed by atoms with van der Waals surface area (Å²) in [7, 11) is 2.20. The Morgan fingerprint density at radius 1 is 1.43 bits per heavy atom. The maximum absolute atomic E-state index is 5.55. The molecule has 0 aromatic carbocycles. The summed E-state index contributed by atoms with van der Waals surface area (Å²) in [5.41, 5.74) is 0. The van der Waals surface area contributed by atoms with Gasteiger partial charge in [-0.3, -0.25) is 0 Å². The van der Waals surface area contributed by atoms with Crippen molar-refractivity contribution in [1.29, 1.82) is 0 Å². The molecule has 14 heavy (non-hydrogen) atoms. The van der Waals surface area contributed by atoms with Gasteiger partial charge in [0.2, 0.25) is 0 Å². The average molecular weight is 198 g/mol. The topological polar surface area (TPSA) is 24.5 Å². The van der Waals surface area contributed by atoms with Crippen molar-refractivity contribution < 1.29 is 4.74 Å². The molecule has 2 saturated heterocycles. The van der Waals surface area contributed by atoms with E-state index in [0.717, 1.165) is 19.1 Å². The summed E-state index contributed by atoms with van der Waals surface area (Å²) >= 11 is 0. The molecule has 82 valence electrons. The van der Waals surface area contributed by atoms with Crippen LogP contribution in [-0.4, -0.2) is 50.3 Å². The quantitative estimate of drug-likeness (QED) is 0.722. The van der Waals surface area contributed by atoms with Gasteiger partial charge in [0, 0.05) is 25.7 Å². The lowest BCUT2D eigenvalue weighted by atomic mass is 10.0. The van der Waals surface area contributed by atoms with Gasteiger partial charge >= 0.3 is 0 Å². The summed E-state index contributed by atoms with van der Waals surface area (Å²) in [6.45, 7) is 6.74. The second-order valence-corrected chi connectivity index (χ2v) is 4.78. The highest BCUT2D eigenvalue weighted by Gasteiger charge is 2.26. The first kappa shape index (κ1) is 10.4. The largest absolute Gasteiger partial charge is 0.378 e. The van der Waals surface area contributed by atoms with E-state index >= 15 is 0 Å². The predicted octanol–water partition coefficient (Wildman–Crippen LogP) is 0.705. The molecule has 3 nitrogen and oxygen atoms in total. The van der Waals surface area contributed by atoms with Gasteiger partial charge < -0.3 is 15.0 Å². The van der Waals surface area contributed by atoms with E-state index in [-0.39, 0.29) is 0 Å². The first-order valence-electron chi connectivity index (χ1n) is 5.79. The van der Waals surface area contributed by atoms with Crippen LogP contribution in [0.2, 0.25) is 0 Å². The van der Waals surface area contributed by atoms with Crippen LogP contribution >= 0.6 is 0 Å². The molecule has 0 aromatic rings. The third-order valence-corrected chi connectivity index (χ3v) is 3.59. The summed E-state index contributed by atoms with van der Waals surface area (Å²) in [6, 6.07) is 0.716. The molecule has 2 aliphatic heterocycles. The van der Waals surface area contributed by atoms with E-state index in [9.17, 15) is 0 Å². The number of ether oxygens (including phenoxy) is 1. The van der Waals surface area contributed by atoms with Gasteiger partial charge in [0.05, 0.1) is 6.10 Å². The molecule has 0 bridgehead atoms. The molecule has 3 heteroatoms. The van der Waals surface area contributed by atoms with Crippen molar-refractivity contribution in [3.05, 3.63) is 0 Å². The lowest BCUT2D eigenvalue weighted by Crippen LogP contribution is -2.36. The summed E-state index contributed by atoms with van der Waals surface area (Å²) in [5, 5.41) is 3.66. The van der Waals surface area contributed by atoms with Crippen LogP contribution in [0.1, 0.15) is 19.8 Å². The van der Waals surface area contributed by atoms with E-state index in [0.29, 0.717) is 12.1 Å². The predicted molar refractivity (Wildman–Crippen MR) is 57.4 cm³/mol. The number of nitrogens with one attached hydrogen (secondary N) is 1. The fourth-order valence-electron chi connectivity index (χ4n) is 2.46. The van der Waals surface area contributed by atoms with Gasteiger partial charge in [0.15, 0.2) is 0 Å². The van der Waals surface area contributed by atoms with E-state index in [1.54, 1.807) is 0 Å². The molecule has 3 atom stereocenters. The third-order valence-electron chi connectivity index (χ3n) is 3.59. The Morgan fingerprint density at radius 2 is 2.29 bits per heavy atom. The second kappa shape index (κ2) is 4.60. The van der Waals surface area contributed by atoms with Crippen LogP contribution in [0.4, 0.5) is 0 Å². The lowest BCUT2D eigenvalue weighted by Gasteiger charge is -2.18. The highest BCUT2D eigenvalue weighted by atomic mass is 16.5. The van der Waals surface area contributed by atoms with Crippen LogP contribution in [0.3, 0.4) is 0 Å². The van der Waals surface area contributed by atoms with Crippen molar-refractivity contribution in [2.75, 3.05) is 33.3 Å². The smallest absolute Gasteiger partial charge is 0.0588 e. The Hall–Kier alpha value is -0.120. The zero-order valence-electron chi connectivity index (χ0n) is 9.33. The van der Waals surface area contributed by atoms with E-state index in [1.807, 2.05) is 0 Å². The van der Waals surface area contributed by atoms with E-state index < -0.39 is 0 Å². The number of likely N-dealkylation sites (N-methyl/N-ethyl adjacent to an activating group) is 1. The van der Waals surface area contributed by atoms with Gasteiger partial charge in [-0.25, -0.2) is 0 Å². The Labute approximate surface area is 86.8 Å². The van der Waals surface area contributed by atoms with Gasteiger partial charge in [-0.2, -0.15) is 0 Å². The molecular weight excluding hydrogens is 176 g/mol. The zero-order valence-corrected chi connectivity index (χ0v) is 9.33. The molecule has 0 aromatic heterocycles. The number of hydrogen-bond acceptors (Lipinski definition) is 3. The summed E-state index contributed by atoms with van der Waals surface area (Å²) in [4.78, 5) is 2.40. The van der Waals surface area contributed by atoms with Crippen molar-refractivity contribution in [3.63, 3.8) is 0 Å². The number of likely N-dealkylation sites (tertiary alicyclic amines) is 1. The van der Waals surface area contributed by atoms with E-state index in [2.05, 4.69) is 24.2 Å². The minimum Gasteiger partial charge on any atom is -0.378 e. The highest BCUT2D eigenvalue weighted by Crippen LogP contribution is 2.19. The minimum absolute atomic E-state index is 0.460. The summed E-state index contributed by atoms with van der Waals surface area (Å²) in [6.07, 6.45) is 3.00. The third kappa shape index (κ3) is 2.47. The highest BCUT2D eigenvalue weighted by molar-refractivity contribution is 4.82. The number of hydrogen-bond donors (Lipinski definition) is 1. The van der Waals surface area contributed by atoms with Crippen LogP contribution in [-0.2, 0) is 4.74 Å². The molecule has 2 aliphatic rings. The van der Waals surface area contributed by atoms with Crippen LogP contribution in [0.5, 0.6) is 0 Å². The maximum Gasteiger partial charge on any atom is 0.0588 e. The first-order chi connectivity index (χ1) is 6.75. The molecule has 0 amide bonds. The molecule has 0 saturated carbocycles. The number of rotatable bonds is 3. The van der Waals surface area contributed by atoms with E-state index in [1.165, 1.54) is 25.9 Å². The van der Waals surface area contributed by atoms with Crippen molar-refractivity contribution >= 4 is 0 Å². The Bertz CT molecular complexity index is 186. The zero-order chi connectivity index (χ0) is 9.97. The van der Waals surface area contributed by atoms with E-state index in [4.69, 9.17) is 4.74 Å². The van der Waals surface area contributed by atoms with Crippen molar-refractivity contribution in [2.24, 2.45) is 5.92 Å². The van der Waals surface area contributed by atoms with Gasteiger partial charge in [-0.1, -0.05) is 0 Å². The van der Waals surface area contributed by atoms with Gasteiger partial charge in [0.1, 0.15) is 0 Å². The fourth-order valence-corrected chi connectivity index (χ4v) is 2.46. The molecule has 0 spiro atoms. The van der Waals surface area contributed by atoms with Crippen molar-refractivity contribution in [2.45, 2.75) is 31.9 Å². The molecule has 3 unspecified atom stereocenters. The number of nitrogens with zero attached hydrogens (tertiary/aromatic N) is 1. The van der Waals surface area contributed by atoms with Crippen LogP contribution in [0.15, 0.2) is 0 Å². The van der Waals surface area contributed by atoms with Crippen LogP contribution in [0.25, 0.3) is 0 Å². The Balaban J connectivity index is 1.67. The average Bonchev–Trinajstić information content (AvgIpc) is 2.72. The minimum atomic E-state index is 0.460. The second-order valence-electron chi connectivity index (χ2n) is 4.78. The molecular formula is C11H22N2O. The SMILES string of the molecule is CC1OCCC1CNC1CCN(C)C1. The normalized spacial score (nSPS) is 39.4. The standard InChI is InChI=1S/C11H22N2O/c1-9-10(4-6-14-9)7-12-11-3-5-13(2)8-11/h9-12H,3-8H2,1-2H3. The molecule has 0 aliphatic carbocycles.